The smallest absolute Gasteiger partial charge is 0.341 e. The number of carbonyl (C=O) groups is 2. The number of nitrogens with two attached hydrogens (primary N) is 1. The van der Waals surface area contributed by atoms with Crippen molar-refractivity contribution in [3.8, 4) is 0 Å². The number of hydrogen-bond donors (Lipinski definition) is 1. The van der Waals surface area contributed by atoms with Crippen LogP contribution in [0.3, 0.4) is 0 Å². The fourth-order valence-electron chi connectivity index (χ4n) is 1.76. The van der Waals surface area contributed by atoms with Crippen LogP contribution in [0.5, 0.6) is 0 Å². The Morgan fingerprint density at radius 2 is 2.20 bits per heavy atom. The van der Waals surface area contributed by atoms with Crippen molar-refractivity contribution in [2.75, 3.05) is 6.61 Å². The quantitative estimate of drug-likeness (QED) is 0.771. The van der Waals surface area contributed by atoms with Crippen molar-refractivity contribution in [1.82, 2.24) is 19.6 Å². The lowest BCUT2D eigenvalue weighted by Gasteiger charge is -2.06. The minimum Gasteiger partial charge on any atom is -0.462 e. The summed E-state index contributed by atoms with van der Waals surface area (Å²) in [7, 11) is 1.72. The molecule has 0 aliphatic heterocycles. The summed E-state index contributed by atoms with van der Waals surface area (Å²) < 4.78 is 8.05. The highest BCUT2D eigenvalue weighted by molar-refractivity contribution is 5.91. The van der Waals surface area contributed by atoms with Crippen LogP contribution >= 0.6 is 0 Å². The van der Waals surface area contributed by atoms with E-state index in [-0.39, 0.29) is 12.2 Å². The zero-order valence-electron chi connectivity index (χ0n) is 11.2. The van der Waals surface area contributed by atoms with Crippen molar-refractivity contribution in [3.05, 3.63) is 35.4 Å². The van der Waals surface area contributed by atoms with Crippen LogP contribution in [0, 0.1) is 0 Å². The van der Waals surface area contributed by atoms with Gasteiger partial charge in [-0.25, -0.2) is 4.79 Å². The van der Waals surface area contributed by atoms with Gasteiger partial charge in [-0.15, -0.1) is 0 Å². The molecule has 0 aromatic carbocycles. The topological polar surface area (TPSA) is 105 Å². The maximum absolute atomic E-state index is 11.8. The van der Waals surface area contributed by atoms with Gasteiger partial charge in [0.15, 0.2) is 0 Å². The maximum Gasteiger partial charge on any atom is 0.341 e. The molecule has 8 heteroatoms. The monoisotopic (exact) mass is 277 g/mol. The number of ether oxygens (including phenoxy) is 1. The summed E-state index contributed by atoms with van der Waals surface area (Å²) in [6, 6.07) is 1.52. The van der Waals surface area contributed by atoms with Crippen LogP contribution in [-0.4, -0.2) is 38.0 Å². The van der Waals surface area contributed by atoms with Gasteiger partial charge in [-0.1, -0.05) is 0 Å². The number of carbonyl (C=O) groups excluding carboxylic acids is 2. The van der Waals surface area contributed by atoms with E-state index < -0.39 is 11.9 Å². The molecule has 0 bridgehead atoms. The normalized spacial score (nSPS) is 10.5. The lowest BCUT2D eigenvalue weighted by Crippen LogP contribution is -2.15. The average molecular weight is 277 g/mol. The summed E-state index contributed by atoms with van der Waals surface area (Å²) in [5, 5.41) is 8.06. The Balaban J connectivity index is 2.26. The molecule has 106 valence electrons. The van der Waals surface area contributed by atoms with Crippen molar-refractivity contribution in [2.45, 2.75) is 13.5 Å². The van der Waals surface area contributed by atoms with Gasteiger partial charge >= 0.3 is 5.97 Å². The number of amides is 1. The molecule has 2 rings (SSSR count). The Hall–Kier alpha value is -2.64. The Kier molecular flexibility index (Phi) is 3.83. The standard InChI is InChI=1S/C12H15N5O3/c1-3-20-12(19)8-6-14-16(2)10(8)7-17-5-4-9(15-17)11(13)18/h4-6H,3,7H2,1-2H3,(H2,13,18). The SMILES string of the molecule is CCOC(=O)c1cnn(C)c1Cn1ccc(C(N)=O)n1. The number of aromatic nitrogens is 4. The fourth-order valence-corrected chi connectivity index (χ4v) is 1.76. The summed E-state index contributed by atoms with van der Waals surface area (Å²) in [5.41, 5.74) is 6.33. The molecule has 0 spiro atoms. The van der Waals surface area contributed by atoms with Gasteiger partial charge in [0.1, 0.15) is 11.3 Å². The minimum absolute atomic E-state index is 0.171. The minimum atomic E-state index is -0.598. The number of esters is 1. The predicted octanol–water partition coefficient (Wildman–Crippen LogP) is -0.0595. The molecule has 20 heavy (non-hydrogen) atoms. The Bertz CT molecular complexity index is 643. The van der Waals surface area contributed by atoms with Gasteiger partial charge in [-0.2, -0.15) is 10.2 Å². The van der Waals surface area contributed by atoms with E-state index in [1.165, 1.54) is 16.9 Å². The van der Waals surface area contributed by atoms with Crippen LogP contribution in [-0.2, 0) is 18.3 Å². The molecule has 0 fully saturated rings. The van der Waals surface area contributed by atoms with E-state index in [4.69, 9.17) is 10.5 Å². The fraction of sp³-hybridized carbons (Fsp3) is 0.333. The lowest BCUT2D eigenvalue weighted by atomic mass is 10.2. The van der Waals surface area contributed by atoms with Gasteiger partial charge < -0.3 is 10.5 Å². The third-order valence-corrected chi connectivity index (χ3v) is 2.76. The highest BCUT2D eigenvalue weighted by atomic mass is 16.5. The third-order valence-electron chi connectivity index (χ3n) is 2.76. The van der Waals surface area contributed by atoms with E-state index >= 15 is 0 Å². The van der Waals surface area contributed by atoms with Crippen molar-refractivity contribution in [3.63, 3.8) is 0 Å². The van der Waals surface area contributed by atoms with Crippen LogP contribution in [0.15, 0.2) is 18.5 Å². The molecule has 0 saturated carbocycles. The molecule has 2 N–H and O–H groups in total. The van der Waals surface area contributed by atoms with Gasteiger partial charge in [0, 0.05) is 13.2 Å². The summed E-state index contributed by atoms with van der Waals surface area (Å²) in [6.07, 6.45) is 3.06. The first-order chi connectivity index (χ1) is 9.52. The zero-order valence-corrected chi connectivity index (χ0v) is 11.2. The molecule has 2 aromatic heterocycles. The molecule has 0 atom stereocenters. The predicted molar refractivity (Wildman–Crippen MR) is 69.0 cm³/mol. The molecular weight excluding hydrogens is 262 g/mol. The molecule has 0 radical (unpaired) electrons. The molecule has 2 aromatic rings. The van der Waals surface area contributed by atoms with Crippen molar-refractivity contribution in [1.29, 1.82) is 0 Å². The number of aryl methyl sites for hydroxylation is 1. The Labute approximate surface area is 115 Å². The molecular formula is C12H15N5O3. The molecule has 2 heterocycles. The van der Waals surface area contributed by atoms with Gasteiger partial charge in [0.05, 0.1) is 25.0 Å². The van der Waals surface area contributed by atoms with Crippen molar-refractivity contribution in [2.24, 2.45) is 12.8 Å². The molecule has 1 amide bonds. The number of hydrogen-bond acceptors (Lipinski definition) is 5. The summed E-state index contributed by atoms with van der Waals surface area (Å²) in [4.78, 5) is 22.8. The third kappa shape index (κ3) is 2.68. The average Bonchev–Trinajstić information content (AvgIpc) is 2.99. The van der Waals surface area contributed by atoms with Gasteiger partial charge in [0.25, 0.3) is 5.91 Å². The first kappa shape index (κ1) is 13.8. The molecule has 8 nitrogen and oxygen atoms in total. The second kappa shape index (κ2) is 5.55. The number of nitrogens with zero attached hydrogens (tertiary/aromatic N) is 4. The number of rotatable bonds is 5. The van der Waals surface area contributed by atoms with Crippen LogP contribution in [0.1, 0.15) is 33.5 Å². The van der Waals surface area contributed by atoms with Crippen LogP contribution in [0.2, 0.25) is 0 Å². The summed E-state index contributed by atoms with van der Waals surface area (Å²) in [5.74, 6) is -1.03. The molecule has 0 aliphatic carbocycles. The van der Waals surface area contributed by atoms with Gasteiger partial charge in [-0.05, 0) is 13.0 Å². The maximum atomic E-state index is 11.8. The van der Waals surface area contributed by atoms with E-state index in [0.717, 1.165) is 0 Å². The largest absolute Gasteiger partial charge is 0.462 e. The first-order valence-electron chi connectivity index (χ1n) is 6.04. The zero-order chi connectivity index (χ0) is 14.7. The molecule has 0 saturated heterocycles. The van der Waals surface area contributed by atoms with Crippen LogP contribution in [0.25, 0.3) is 0 Å². The van der Waals surface area contributed by atoms with E-state index in [9.17, 15) is 9.59 Å². The second-order valence-electron chi connectivity index (χ2n) is 4.11. The molecule has 0 aliphatic rings. The summed E-state index contributed by atoms with van der Waals surface area (Å²) in [6.45, 7) is 2.32. The lowest BCUT2D eigenvalue weighted by molar-refractivity contribution is 0.0524. The van der Waals surface area contributed by atoms with Crippen molar-refractivity contribution < 1.29 is 14.3 Å². The van der Waals surface area contributed by atoms with Gasteiger partial charge in [-0.3, -0.25) is 14.2 Å². The summed E-state index contributed by atoms with van der Waals surface area (Å²) >= 11 is 0. The second-order valence-corrected chi connectivity index (χ2v) is 4.11. The van der Waals surface area contributed by atoms with Crippen LogP contribution in [0.4, 0.5) is 0 Å². The van der Waals surface area contributed by atoms with E-state index in [0.29, 0.717) is 17.9 Å². The Morgan fingerprint density at radius 1 is 1.45 bits per heavy atom. The van der Waals surface area contributed by atoms with Gasteiger partial charge in [0.2, 0.25) is 0 Å². The van der Waals surface area contributed by atoms with E-state index in [1.54, 1.807) is 24.9 Å². The highest BCUT2D eigenvalue weighted by Gasteiger charge is 2.18. The van der Waals surface area contributed by atoms with Crippen LogP contribution < -0.4 is 5.73 Å². The van der Waals surface area contributed by atoms with Crippen molar-refractivity contribution >= 4 is 11.9 Å². The molecule has 0 unspecified atom stereocenters. The van der Waals surface area contributed by atoms with E-state index in [1.807, 2.05) is 0 Å². The highest BCUT2D eigenvalue weighted by Crippen LogP contribution is 2.11. The number of primary amides is 1. The first-order valence-corrected chi connectivity index (χ1v) is 6.04. The Morgan fingerprint density at radius 3 is 2.80 bits per heavy atom. The van der Waals surface area contributed by atoms with E-state index in [2.05, 4.69) is 10.2 Å².